The molecular weight excluding hydrogens is 326 g/mol. The molecule has 1 fully saturated rings. The van der Waals surface area contributed by atoms with E-state index in [0.29, 0.717) is 17.7 Å². The first kappa shape index (κ1) is 17.5. The van der Waals surface area contributed by atoms with E-state index in [1.165, 1.54) is 6.07 Å². The molecule has 134 valence electrons. The van der Waals surface area contributed by atoms with E-state index in [4.69, 9.17) is 0 Å². The molecule has 1 aliphatic rings. The zero-order valence-electron chi connectivity index (χ0n) is 14.5. The van der Waals surface area contributed by atoms with Gasteiger partial charge in [-0.25, -0.2) is 8.78 Å². The first-order valence-electron chi connectivity index (χ1n) is 8.36. The summed E-state index contributed by atoms with van der Waals surface area (Å²) in [5, 5.41) is 4.03. The molecule has 0 bridgehead atoms. The van der Waals surface area contributed by atoms with E-state index in [0.717, 1.165) is 38.1 Å². The molecular formula is C18H22F2N4O. The standard InChI is InChI=1S/C18H22F2N4O/c1-22-11-14(10-21-22)18(25)23(2)16-5-7-24(8-6-16)12-13-9-15(19)3-4-17(13)20/h3-4,9-11,16H,5-8,12H2,1-2H3. The molecule has 7 heteroatoms. The Hall–Kier alpha value is -2.28. The number of carbonyl (C=O) groups is 1. The number of nitrogens with zero attached hydrogens (tertiary/aromatic N) is 4. The summed E-state index contributed by atoms with van der Waals surface area (Å²) in [4.78, 5) is 16.3. The molecule has 1 aromatic carbocycles. The molecule has 0 spiro atoms. The minimum Gasteiger partial charge on any atom is -0.339 e. The molecule has 2 aromatic rings. The predicted octanol–water partition coefficient (Wildman–Crippen LogP) is 2.43. The van der Waals surface area contributed by atoms with Crippen LogP contribution in [0.1, 0.15) is 28.8 Å². The number of carbonyl (C=O) groups excluding carboxylic acids is 1. The Bertz CT molecular complexity index is 753. The molecule has 1 amide bonds. The highest BCUT2D eigenvalue weighted by atomic mass is 19.1. The number of likely N-dealkylation sites (tertiary alicyclic amines) is 1. The third-order valence-corrected chi connectivity index (χ3v) is 4.78. The van der Waals surface area contributed by atoms with Crippen LogP contribution in [0.2, 0.25) is 0 Å². The molecule has 5 nitrogen and oxygen atoms in total. The van der Waals surface area contributed by atoms with Crippen molar-refractivity contribution in [2.75, 3.05) is 20.1 Å². The number of piperidine rings is 1. The van der Waals surface area contributed by atoms with Gasteiger partial charge in [-0.3, -0.25) is 14.4 Å². The topological polar surface area (TPSA) is 41.4 Å². The first-order chi connectivity index (χ1) is 11.9. The molecule has 2 heterocycles. The van der Waals surface area contributed by atoms with E-state index >= 15 is 0 Å². The van der Waals surface area contributed by atoms with Gasteiger partial charge in [0.05, 0.1) is 11.8 Å². The minimum absolute atomic E-state index is 0.0391. The Balaban J connectivity index is 1.56. The Labute approximate surface area is 145 Å². The Morgan fingerprint density at radius 3 is 2.68 bits per heavy atom. The zero-order valence-corrected chi connectivity index (χ0v) is 14.5. The summed E-state index contributed by atoms with van der Waals surface area (Å²) < 4.78 is 28.7. The highest BCUT2D eigenvalue weighted by Gasteiger charge is 2.26. The van der Waals surface area contributed by atoms with Gasteiger partial charge in [0.25, 0.3) is 5.91 Å². The average molecular weight is 348 g/mol. The highest BCUT2D eigenvalue weighted by Crippen LogP contribution is 2.20. The molecule has 3 rings (SSSR count). The molecule has 0 unspecified atom stereocenters. The van der Waals surface area contributed by atoms with Crippen LogP contribution in [0.25, 0.3) is 0 Å². The van der Waals surface area contributed by atoms with Crippen molar-refractivity contribution in [1.82, 2.24) is 19.6 Å². The normalized spacial score (nSPS) is 16.2. The number of aryl methyl sites for hydroxylation is 1. The summed E-state index contributed by atoms with van der Waals surface area (Å²) in [6.45, 7) is 1.87. The largest absolute Gasteiger partial charge is 0.339 e. The maximum absolute atomic E-state index is 13.8. The van der Waals surface area contributed by atoms with Crippen molar-refractivity contribution < 1.29 is 13.6 Å². The number of halogens is 2. The minimum atomic E-state index is -0.423. The third-order valence-electron chi connectivity index (χ3n) is 4.78. The lowest BCUT2D eigenvalue weighted by atomic mass is 10.0. The zero-order chi connectivity index (χ0) is 18.0. The van der Waals surface area contributed by atoms with Gasteiger partial charge in [0.15, 0.2) is 0 Å². The van der Waals surface area contributed by atoms with Crippen LogP contribution >= 0.6 is 0 Å². The first-order valence-corrected chi connectivity index (χ1v) is 8.36. The van der Waals surface area contributed by atoms with Gasteiger partial charge < -0.3 is 4.90 Å². The number of rotatable bonds is 4. The fourth-order valence-corrected chi connectivity index (χ4v) is 3.27. The average Bonchev–Trinajstić information content (AvgIpc) is 3.04. The van der Waals surface area contributed by atoms with Crippen LogP contribution in [0.3, 0.4) is 0 Å². The van der Waals surface area contributed by atoms with Gasteiger partial charge in [0.1, 0.15) is 11.6 Å². The third kappa shape index (κ3) is 4.04. The van der Waals surface area contributed by atoms with E-state index in [9.17, 15) is 13.6 Å². The van der Waals surface area contributed by atoms with Gasteiger partial charge in [-0.1, -0.05) is 0 Å². The maximum atomic E-state index is 13.8. The second-order valence-corrected chi connectivity index (χ2v) is 6.56. The summed E-state index contributed by atoms with van der Waals surface area (Å²) in [5.41, 5.74) is 0.951. The number of amides is 1. The SMILES string of the molecule is CN(C(=O)c1cnn(C)c1)C1CCN(Cc2cc(F)ccc2F)CC1. The monoisotopic (exact) mass is 348 g/mol. The Morgan fingerprint density at radius 2 is 2.04 bits per heavy atom. The maximum Gasteiger partial charge on any atom is 0.257 e. The van der Waals surface area contributed by atoms with Crippen molar-refractivity contribution in [2.24, 2.45) is 7.05 Å². The molecule has 1 aliphatic heterocycles. The van der Waals surface area contributed by atoms with Gasteiger partial charge >= 0.3 is 0 Å². The highest BCUT2D eigenvalue weighted by molar-refractivity contribution is 5.93. The van der Waals surface area contributed by atoms with E-state index < -0.39 is 5.82 Å². The summed E-state index contributed by atoms with van der Waals surface area (Å²) in [5.74, 6) is -0.844. The molecule has 1 saturated heterocycles. The lowest BCUT2D eigenvalue weighted by Gasteiger charge is -2.36. The van der Waals surface area contributed by atoms with Crippen molar-refractivity contribution in [2.45, 2.75) is 25.4 Å². The lowest BCUT2D eigenvalue weighted by Crippen LogP contribution is -2.45. The van der Waals surface area contributed by atoms with Crippen molar-refractivity contribution in [1.29, 1.82) is 0 Å². The van der Waals surface area contributed by atoms with E-state index in [1.807, 2.05) is 7.05 Å². The quantitative estimate of drug-likeness (QED) is 0.852. The van der Waals surface area contributed by atoms with Crippen molar-refractivity contribution in [3.63, 3.8) is 0 Å². The van der Waals surface area contributed by atoms with Crippen LogP contribution in [0.5, 0.6) is 0 Å². The van der Waals surface area contributed by atoms with Crippen LogP contribution < -0.4 is 0 Å². The molecule has 0 saturated carbocycles. The van der Waals surface area contributed by atoms with Crippen molar-refractivity contribution >= 4 is 5.91 Å². The number of aromatic nitrogens is 2. The number of hydrogen-bond donors (Lipinski definition) is 0. The Kier molecular flexibility index (Phi) is 5.13. The Morgan fingerprint density at radius 1 is 1.32 bits per heavy atom. The van der Waals surface area contributed by atoms with Gasteiger partial charge in [-0.05, 0) is 31.0 Å². The van der Waals surface area contributed by atoms with Crippen LogP contribution in [0.15, 0.2) is 30.6 Å². The van der Waals surface area contributed by atoms with Crippen LogP contribution in [0.4, 0.5) is 8.78 Å². The molecule has 0 radical (unpaired) electrons. The molecule has 0 atom stereocenters. The molecule has 0 aliphatic carbocycles. The smallest absolute Gasteiger partial charge is 0.257 e. The van der Waals surface area contributed by atoms with Gasteiger partial charge in [-0.15, -0.1) is 0 Å². The predicted molar refractivity (Wildman–Crippen MR) is 90.0 cm³/mol. The van der Waals surface area contributed by atoms with E-state index in [-0.39, 0.29) is 17.8 Å². The lowest BCUT2D eigenvalue weighted by molar-refractivity contribution is 0.0635. The van der Waals surface area contributed by atoms with E-state index in [1.54, 1.807) is 29.0 Å². The molecule has 25 heavy (non-hydrogen) atoms. The summed E-state index contributed by atoms with van der Waals surface area (Å²) in [6.07, 6.45) is 4.89. The van der Waals surface area contributed by atoms with Gasteiger partial charge in [0, 0.05) is 51.5 Å². The fraction of sp³-hybridized carbons (Fsp3) is 0.444. The second-order valence-electron chi connectivity index (χ2n) is 6.56. The molecule has 1 aromatic heterocycles. The van der Waals surface area contributed by atoms with Crippen LogP contribution in [-0.4, -0.2) is 51.7 Å². The van der Waals surface area contributed by atoms with Gasteiger partial charge in [-0.2, -0.15) is 5.10 Å². The van der Waals surface area contributed by atoms with Crippen LogP contribution in [0, 0.1) is 11.6 Å². The van der Waals surface area contributed by atoms with Crippen molar-refractivity contribution in [3.05, 3.63) is 53.4 Å². The summed E-state index contributed by atoms with van der Waals surface area (Å²) in [7, 11) is 3.59. The summed E-state index contributed by atoms with van der Waals surface area (Å²) in [6, 6.07) is 3.68. The summed E-state index contributed by atoms with van der Waals surface area (Å²) >= 11 is 0. The van der Waals surface area contributed by atoms with E-state index in [2.05, 4.69) is 10.00 Å². The fourth-order valence-electron chi connectivity index (χ4n) is 3.27. The number of benzene rings is 1. The van der Waals surface area contributed by atoms with Crippen LogP contribution in [-0.2, 0) is 13.6 Å². The molecule has 0 N–H and O–H groups in total. The second kappa shape index (κ2) is 7.31. The van der Waals surface area contributed by atoms with Gasteiger partial charge in [0.2, 0.25) is 0 Å². The van der Waals surface area contributed by atoms with Crippen molar-refractivity contribution in [3.8, 4) is 0 Å². The number of hydrogen-bond acceptors (Lipinski definition) is 3.